The second-order valence-corrected chi connectivity index (χ2v) is 6.00. The molecule has 2 atom stereocenters. The van der Waals surface area contributed by atoms with Crippen molar-refractivity contribution in [1.29, 1.82) is 0 Å². The first-order chi connectivity index (χ1) is 10.4. The number of hydrogen-bond acceptors (Lipinski definition) is 5. The van der Waals surface area contributed by atoms with Crippen LogP contribution in [0, 0.1) is 0 Å². The van der Waals surface area contributed by atoms with Gasteiger partial charge in [0, 0.05) is 12.8 Å². The molecule has 22 heavy (non-hydrogen) atoms. The van der Waals surface area contributed by atoms with Gasteiger partial charge in [-0.15, -0.1) is 0 Å². The number of ketones is 2. The molecule has 0 aliphatic carbocycles. The molecule has 2 unspecified atom stereocenters. The Morgan fingerprint density at radius 2 is 1.41 bits per heavy atom. The minimum Gasteiger partial charge on any atom is -0.393 e. The van der Waals surface area contributed by atoms with E-state index in [1.165, 1.54) is 0 Å². The fourth-order valence-corrected chi connectivity index (χ4v) is 2.38. The Kier molecular flexibility index (Phi) is 11.3. The molecule has 0 aromatic rings. The van der Waals surface area contributed by atoms with Crippen LogP contribution < -0.4 is 0 Å². The number of Topliss-reactive ketones (excluding diaryl/α,β-unsaturated/α-hetero) is 2. The molecule has 5 nitrogen and oxygen atoms in total. The van der Waals surface area contributed by atoms with Gasteiger partial charge in [-0.2, -0.15) is 0 Å². The maximum Gasteiger partial charge on any atom is 0.178 e. The Morgan fingerprint density at radius 1 is 0.909 bits per heavy atom. The van der Waals surface area contributed by atoms with Crippen molar-refractivity contribution in [3.8, 4) is 0 Å². The molecule has 0 saturated heterocycles. The van der Waals surface area contributed by atoms with Gasteiger partial charge in [0.15, 0.2) is 23.3 Å². The van der Waals surface area contributed by atoms with Gasteiger partial charge in [0.25, 0.3) is 0 Å². The highest BCUT2D eigenvalue weighted by Crippen LogP contribution is 2.19. The lowest BCUT2D eigenvalue weighted by Crippen LogP contribution is -2.55. The van der Waals surface area contributed by atoms with Crippen molar-refractivity contribution in [1.82, 2.24) is 0 Å². The van der Waals surface area contributed by atoms with Gasteiger partial charge < -0.3 is 15.3 Å². The van der Waals surface area contributed by atoms with Crippen LogP contribution in [0.25, 0.3) is 0 Å². The smallest absolute Gasteiger partial charge is 0.178 e. The zero-order valence-electron chi connectivity index (χ0n) is 14.0. The fraction of sp³-hybridized carbons (Fsp3) is 0.882. The molecule has 0 fully saturated rings. The molecule has 0 aliphatic heterocycles. The maximum absolute atomic E-state index is 12.1. The average Bonchev–Trinajstić information content (AvgIpc) is 2.52. The van der Waals surface area contributed by atoms with Crippen molar-refractivity contribution in [2.24, 2.45) is 0 Å². The first-order valence-electron chi connectivity index (χ1n) is 8.51. The number of rotatable bonds is 14. The summed E-state index contributed by atoms with van der Waals surface area (Å²) in [7, 11) is 0. The summed E-state index contributed by atoms with van der Waals surface area (Å²) in [6.45, 7) is 3.16. The highest BCUT2D eigenvalue weighted by atomic mass is 16.4. The van der Waals surface area contributed by atoms with Gasteiger partial charge in [-0.05, 0) is 12.8 Å². The first-order valence-corrected chi connectivity index (χ1v) is 8.51. The van der Waals surface area contributed by atoms with Crippen LogP contribution in [-0.4, -0.2) is 45.2 Å². The van der Waals surface area contributed by atoms with Gasteiger partial charge in [0.1, 0.15) is 0 Å². The minimum absolute atomic E-state index is 0.0695. The molecule has 0 rings (SSSR count). The number of carbonyl (C=O) groups is 2. The molecule has 3 N–H and O–H groups in total. The highest BCUT2D eigenvalue weighted by Gasteiger charge is 2.45. The van der Waals surface area contributed by atoms with E-state index in [0.29, 0.717) is 12.8 Å². The lowest BCUT2D eigenvalue weighted by Gasteiger charge is -2.28. The number of carbonyl (C=O) groups excluding carboxylic acids is 2. The van der Waals surface area contributed by atoms with E-state index in [-0.39, 0.29) is 12.8 Å². The van der Waals surface area contributed by atoms with Crippen LogP contribution in [0.1, 0.15) is 78.1 Å². The molecule has 0 aromatic carbocycles. The Morgan fingerprint density at radius 3 is 1.95 bits per heavy atom. The van der Waals surface area contributed by atoms with Gasteiger partial charge in [-0.25, -0.2) is 0 Å². The molecular formula is C17H32O5. The molecule has 0 spiro atoms. The highest BCUT2D eigenvalue weighted by molar-refractivity contribution is 5.96. The lowest BCUT2D eigenvalue weighted by molar-refractivity contribution is -0.165. The quantitative estimate of drug-likeness (QED) is 0.427. The van der Waals surface area contributed by atoms with Gasteiger partial charge in [-0.1, -0.05) is 52.4 Å². The zero-order chi connectivity index (χ0) is 17.0. The normalized spacial score (nSPS) is 15.3. The fourth-order valence-electron chi connectivity index (χ4n) is 2.38. The van der Waals surface area contributed by atoms with Crippen LogP contribution in [0.15, 0.2) is 0 Å². The predicted molar refractivity (Wildman–Crippen MR) is 85.6 cm³/mol. The van der Waals surface area contributed by atoms with Gasteiger partial charge in [0.2, 0.25) is 0 Å². The van der Waals surface area contributed by atoms with Crippen molar-refractivity contribution in [2.75, 3.05) is 6.61 Å². The van der Waals surface area contributed by atoms with Crippen LogP contribution in [0.2, 0.25) is 0 Å². The molecular weight excluding hydrogens is 284 g/mol. The van der Waals surface area contributed by atoms with Crippen molar-refractivity contribution in [2.45, 2.75) is 89.8 Å². The lowest BCUT2D eigenvalue weighted by atomic mass is 9.86. The number of aliphatic hydroxyl groups is 3. The van der Waals surface area contributed by atoms with Gasteiger partial charge in [0.05, 0.1) is 6.61 Å². The van der Waals surface area contributed by atoms with E-state index in [9.17, 15) is 24.9 Å². The average molecular weight is 316 g/mol. The van der Waals surface area contributed by atoms with Crippen molar-refractivity contribution in [3.63, 3.8) is 0 Å². The third kappa shape index (κ3) is 6.99. The summed E-state index contributed by atoms with van der Waals surface area (Å²) in [5.41, 5.74) is -2.35. The largest absolute Gasteiger partial charge is 0.393 e. The standard InChI is InChI=1S/C17H32O5/c1-3-5-7-8-10-12-15(20)17(22,13-18)16(21)14(19)11-9-6-4-2/h16,18,21-22H,3-13H2,1-2H3. The number of hydrogen-bond donors (Lipinski definition) is 3. The molecule has 0 aromatic heterocycles. The second kappa shape index (κ2) is 11.7. The van der Waals surface area contributed by atoms with Crippen molar-refractivity contribution < 1.29 is 24.9 Å². The Balaban J connectivity index is 4.45. The second-order valence-electron chi connectivity index (χ2n) is 6.00. The van der Waals surface area contributed by atoms with Crippen molar-refractivity contribution in [3.05, 3.63) is 0 Å². The third-order valence-corrected chi connectivity index (χ3v) is 4.02. The number of aliphatic hydroxyl groups excluding tert-OH is 2. The predicted octanol–water partition coefficient (Wildman–Crippen LogP) is 2.15. The number of unbranched alkanes of at least 4 members (excludes halogenated alkanes) is 6. The van der Waals surface area contributed by atoms with Crippen LogP contribution in [0.5, 0.6) is 0 Å². The van der Waals surface area contributed by atoms with E-state index in [2.05, 4.69) is 6.92 Å². The summed E-state index contributed by atoms with van der Waals surface area (Å²) in [4.78, 5) is 24.0. The van der Waals surface area contributed by atoms with E-state index in [4.69, 9.17) is 0 Å². The summed E-state index contributed by atoms with van der Waals surface area (Å²) < 4.78 is 0. The van der Waals surface area contributed by atoms with E-state index in [1.54, 1.807) is 0 Å². The van der Waals surface area contributed by atoms with Crippen LogP contribution in [-0.2, 0) is 9.59 Å². The van der Waals surface area contributed by atoms with Crippen molar-refractivity contribution >= 4 is 11.6 Å². The summed E-state index contributed by atoms with van der Waals surface area (Å²) in [6, 6.07) is 0. The SMILES string of the molecule is CCCCCCCC(=O)C(O)(CO)C(O)C(=O)CCCCC. The molecule has 0 radical (unpaired) electrons. The molecule has 0 amide bonds. The minimum atomic E-state index is -2.35. The van der Waals surface area contributed by atoms with E-state index in [1.807, 2.05) is 6.92 Å². The zero-order valence-corrected chi connectivity index (χ0v) is 14.0. The summed E-state index contributed by atoms with van der Waals surface area (Å²) in [5, 5.41) is 29.5. The Labute approximate surface area is 133 Å². The summed E-state index contributed by atoms with van der Waals surface area (Å²) >= 11 is 0. The Hall–Kier alpha value is -0.780. The van der Waals surface area contributed by atoms with E-state index >= 15 is 0 Å². The molecule has 0 saturated carbocycles. The van der Waals surface area contributed by atoms with Crippen LogP contribution in [0.3, 0.4) is 0 Å². The maximum atomic E-state index is 12.1. The van der Waals surface area contributed by atoms with Gasteiger partial charge >= 0.3 is 0 Å². The third-order valence-electron chi connectivity index (χ3n) is 4.02. The molecule has 0 bridgehead atoms. The first kappa shape index (κ1) is 21.2. The van der Waals surface area contributed by atoms with E-state index in [0.717, 1.165) is 38.5 Å². The molecule has 0 heterocycles. The molecule has 130 valence electrons. The summed E-state index contributed by atoms with van der Waals surface area (Å²) in [6.07, 6.45) is 5.40. The van der Waals surface area contributed by atoms with Crippen LogP contribution in [0.4, 0.5) is 0 Å². The van der Waals surface area contributed by atoms with Crippen LogP contribution >= 0.6 is 0 Å². The van der Waals surface area contributed by atoms with E-state index < -0.39 is 29.9 Å². The summed E-state index contributed by atoms with van der Waals surface area (Å²) in [5.74, 6) is -1.23. The monoisotopic (exact) mass is 316 g/mol. The molecule has 5 heteroatoms. The van der Waals surface area contributed by atoms with Gasteiger partial charge in [-0.3, -0.25) is 9.59 Å². The topological polar surface area (TPSA) is 94.8 Å². The molecule has 0 aliphatic rings. The Bertz CT molecular complexity index is 329.